The quantitative estimate of drug-likeness (QED) is 0.485. The molecule has 1 saturated heterocycles. The molecule has 1 aliphatic carbocycles. The normalized spacial score (nSPS) is 24.5. The lowest BCUT2D eigenvalue weighted by molar-refractivity contribution is 0.361. The van der Waals surface area contributed by atoms with Crippen LogP contribution in [0.15, 0.2) is 42.5 Å². The summed E-state index contributed by atoms with van der Waals surface area (Å²) in [6, 6.07) is 8.62. The molecule has 1 heterocycles. The summed E-state index contributed by atoms with van der Waals surface area (Å²) in [5, 5.41) is 0. The van der Waals surface area contributed by atoms with Gasteiger partial charge in [-0.3, -0.25) is 0 Å². The molecule has 1 unspecified atom stereocenters. The van der Waals surface area contributed by atoms with Gasteiger partial charge in [0.05, 0.1) is 6.61 Å². The van der Waals surface area contributed by atoms with Crippen molar-refractivity contribution in [3.8, 4) is 0 Å². The average Bonchev–Trinajstić information content (AvgIpc) is 3.56. The van der Waals surface area contributed by atoms with Crippen LogP contribution in [0.4, 0.5) is 13.2 Å². The molecule has 29 heavy (non-hydrogen) atoms. The fourth-order valence-corrected chi connectivity index (χ4v) is 4.20. The molecule has 2 aromatic rings. The van der Waals surface area contributed by atoms with Gasteiger partial charge in [0.25, 0.3) is 0 Å². The maximum absolute atomic E-state index is 14.5. The highest BCUT2D eigenvalue weighted by Gasteiger charge is 2.32. The first-order chi connectivity index (χ1) is 14.1. The minimum atomic E-state index is -0.754. The zero-order chi connectivity index (χ0) is 20.4. The molecule has 1 atom stereocenters. The topological polar surface area (TPSA) is 12.5 Å². The molecule has 0 N–H and O–H groups in total. The van der Waals surface area contributed by atoms with Gasteiger partial charge in [-0.15, -0.1) is 0 Å². The van der Waals surface area contributed by atoms with E-state index >= 15 is 0 Å². The summed E-state index contributed by atoms with van der Waals surface area (Å²) in [6.07, 6.45) is 10.8. The SMILES string of the molecule is C/C=C/c1ccc(/C=C/C2CCC(c3ccc(C4CO4)c(F)c3F)CC2)cc1F. The third-order valence-electron chi connectivity index (χ3n) is 5.97. The van der Waals surface area contributed by atoms with Crippen molar-refractivity contribution in [3.05, 3.63) is 82.2 Å². The number of epoxide rings is 1. The summed E-state index contributed by atoms with van der Waals surface area (Å²) in [6.45, 7) is 2.33. The molecule has 4 heteroatoms. The van der Waals surface area contributed by atoms with Crippen LogP contribution in [0.5, 0.6) is 0 Å². The van der Waals surface area contributed by atoms with E-state index < -0.39 is 11.6 Å². The molecule has 0 amide bonds. The molecule has 4 rings (SSSR count). The molecule has 1 aliphatic heterocycles. The number of hydrogen-bond acceptors (Lipinski definition) is 1. The molecule has 1 saturated carbocycles. The second kappa shape index (κ2) is 8.58. The Morgan fingerprint density at radius 2 is 1.59 bits per heavy atom. The van der Waals surface area contributed by atoms with Crippen molar-refractivity contribution < 1.29 is 17.9 Å². The first kappa shape index (κ1) is 20.0. The van der Waals surface area contributed by atoms with Gasteiger partial charge in [0.2, 0.25) is 0 Å². The number of rotatable bonds is 5. The van der Waals surface area contributed by atoms with E-state index in [2.05, 4.69) is 6.08 Å². The van der Waals surface area contributed by atoms with Crippen molar-refractivity contribution in [2.24, 2.45) is 5.92 Å². The van der Waals surface area contributed by atoms with Crippen LogP contribution in [0.3, 0.4) is 0 Å². The van der Waals surface area contributed by atoms with E-state index in [1.54, 1.807) is 30.3 Å². The highest BCUT2D eigenvalue weighted by Crippen LogP contribution is 2.40. The Kier molecular flexibility index (Phi) is 5.91. The third kappa shape index (κ3) is 4.48. The highest BCUT2D eigenvalue weighted by atomic mass is 19.2. The molecule has 2 fully saturated rings. The fraction of sp³-hybridized carbons (Fsp3) is 0.360. The van der Waals surface area contributed by atoms with Gasteiger partial charge in [0.1, 0.15) is 11.9 Å². The summed E-state index contributed by atoms with van der Waals surface area (Å²) in [7, 11) is 0. The predicted molar refractivity (Wildman–Crippen MR) is 110 cm³/mol. The molecule has 1 nitrogen and oxygen atoms in total. The maximum atomic E-state index is 14.5. The Labute approximate surface area is 169 Å². The Morgan fingerprint density at radius 3 is 2.24 bits per heavy atom. The van der Waals surface area contributed by atoms with E-state index in [1.807, 2.05) is 25.1 Å². The van der Waals surface area contributed by atoms with Gasteiger partial charge in [-0.1, -0.05) is 48.6 Å². The van der Waals surface area contributed by atoms with Crippen LogP contribution in [0.2, 0.25) is 0 Å². The van der Waals surface area contributed by atoms with E-state index in [9.17, 15) is 13.2 Å². The lowest BCUT2D eigenvalue weighted by Gasteiger charge is -2.27. The van der Waals surface area contributed by atoms with Crippen molar-refractivity contribution in [1.82, 2.24) is 0 Å². The molecule has 0 radical (unpaired) electrons. The van der Waals surface area contributed by atoms with Crippen LogP contribution in [0.25, 0.3) is 12.2 Å². The van der Waals surface area contributed by atoms with Crippen molar-refractivity contribution in [3.63, 3.8) is 0 Å². The van der Waals surface area contributed by atoms with Crippen molar-refractivity contribution in [2.45, 2.75) is 44.6 Å². The van der Waals surface area contributed by atoms with Gasteiger partial charge < -0.3 is 4.74 Å². The third-order valence-corrected chi connectivity index (χ3v) is 5.97. The fourth-order valence-electron chi connectivity index (χ4n) is 4.20. The molecule has 0 bridgehead atoms. The van der Waals surface area contributed by atoms with Gasteiger partial charge in [-0.05, 0) is 61.6 Å². The minimum absolute atomic E-state index is 0.0425. The van der Waals surface area contributed by atoms with Gasteiger partial charge in [0.15, 0.2) is 11.6 Å². The second-order valence-corrected chi connectivity index (χ2v) is 7.95. The Hall–Kier alpha value is -2.33. The summed E-state index contributed by atoms with van der Waals surface area (Å²) in [4.78, 5) is 0. The molecular formula is C25H25F3O. The molecule has 152 valence electrons. The lowest BCUT2D eigenvalue weighted by Crippen LogP contribution is -2.14. The van der Waals surface area contributed by atoms with Crippen molar-refractivity contribution >= 4 is 12.2 Å². The van der Waals surface area contributed by atoms with Crippen LogP contribution in [0, 0.1) is 23.4 Å². The minimum Gasteiger partial charge on any atom is -0.368 e. The number of hydrogen-bond donors (Lipinski definition) is 0. The summed E-state index contributed by atoms with van der Waals surface area (Å²) >= 11 is 0. The van der Waals surface area contributed by atoms with Gasteiger partial charge >= 0.3 is 0 Å². The van der Waals surface area contributed by atoms with E-state index in [1.165, 1.54) is 0 Å². The second-order valence-electron chi connectivity index (χ2n) is 7.95. The van der Waals surface area contributed by atoms with Crippen LogP contribution in [-0.2, 0) is 4.74 Å². The standard InChI is InChI=1S/C25H25F3O/c1-2-3-19-11-8-17(14-22(19)26)5-4-16-6-9-18(10-7-16)20-12-13-21(23-15-29-23)25(28)24(20)27/h2-5,8,11-14,16,18,23H,6-7,9-10,15H2,1H3/b3-2+,5-4+. The molecule has 2 aromatic carbocycles. The first-order valence-corrected chi connectivity index (χ1v) is 10.3. The Bertz CT molecular complexity index is 935. The molecule has 0 spiro atoms. The van der Waals surface area contributed by atoms with E-state index in [0.717, 1.165) is 31.2 Å². The van der Waals surface area contributed by atoms with E-state index in [-0.39, 0.29) is 17.8 Å². The predicted octanol–water partition coefficient (Wildman–Crippen LogP) is 7.20. The maximum Gasteiger partial charge on any atom is 0.165 e. The highest BCUT2D eigenvalue weighted by molar-refractivity contribution is 5.56. The molecule has 0 aromatic heterocycles. The number of halogens is 3. The smallest absolute Gasteiger partial charge is 0.165 e. The van der Waals surface area contributed by atoms with E-state index in [0.29, 0.717) is 29.2 Å². The monoisotopic (exact) mass is 398 g/mol. The lowest BCUT2D eigenvalue weighted by atomic mass is 9.78. The average molecular weight is 398 g/mol. The Morgan fingerprint density at radius 1 is 0.897 bits per heavy atom. The first-order valence-electron chi connectivity index (χ1n) is 10.3. The Balaban J connectivity index is 1.38. The summed E-state index contributed by atoms with van der Waals surface area (Å²) in [5.74, 6) is -1.28. The summed E-state index contributed by atoms with van der Waals surface area (Å²) in [5.41, 5.74) is 2.23. The van der Waals surface area contributed by atoms with Gasteiger partial charge in [-0.25, -0.2) is 13.2 Å². The van der Waals surface area contributed by atoms with Crippen LogP contribution >= 0.6 is 0 Å². The summed E-state index contributed by atoms with van der Waals surface area (Å²) < 4.78 is 48.0. The van der Waals surface area contributed by atoms with Gasteiger partial charge in [0, 0.05) is 11.1 Å². The van der Waals surface area contributed by atoms with E-state index in [4.69, 9.17) is 4.74 Å². The van der Waals surface area contributed by atoms with Crippen LogP contribution in [-0.4, -0.2) is 6.61 Å². The number of allylic oxidation sites excluding steroid dienone is 2. The van der Waals surface area contributed by atoms with Gasteiger partial charge in [-0.2, -0.15) is 0 Å². The largest absolute Gasteiger partial charge is 0.368 e. The molecule has 2 aliphatic rings. The van der Waals surface area contributed by atoms with Crippen molar-refractivity contribution in [2.75, 3.05) is 6.61 Å². The van der Waals surface area contributed by atoms with Crippen molar-refractivity contribution in [1.29, 1.82) is 0 Å². The van der Waals surface area contributed by atoms with Crippen LogP contribution < -0.4 is 0 Å². The zero-order valence-corrected chi connectivity index (χ0v) is 16.5. The molecular weight excluding hydrogens is 373 g/mol. The van der Waals surface area contributed by atoms with Crippen LogP contribution in [0.1, 0.15) is 66.9 Å². The number of benzene rings is 2. The number of ether oxygens (including phenoxy) is 1. The zero-order valence-electron chi connectivity index (χ0n) is 16.5.